The number of rotatable bonds is 6. The van der Waals surface area contributed by atoms with Gasteiger partial charge in [-0.25, -0.2) is 0 Å². The lowest BCUT2D eigenvalue weighted by Crippen LogP contribution is -2.45. The second-order valence-corrected chi connectivity index (χ2v) is 6.76. The zero-order chi connectivity index (χ0) is 21.1. The number of methoxy groups -OCH3 is 3. The molecule has 156 valence electrons. The molecular weight excluding hydrogens is 386 g/mol. The molecule has 0 saturated carbocycles. The molecule has 30 heavy (non-hydrogen) atoms. The van der Waals surface area contributed by atoms with E-state index in [4.69, 9.17) is 23.7 Å². The molecular formula is C23H23NO6. The Morgan fingerprint density at radius 1 is 0.900 bits per heavy atom. The highest BCUT2D eigenvalue weighted by Gasteiger charge is 2.40. The molecule has 1 aliphatic heterocycles. The van der Waals surface area contributed by atoms with Crippen molar-refractivity contribution < 1.29 is 28.8 Å². The fraction of sp³-hybridized carbons (Fsp3) is 0.261. The van der Waals surface area contributed by atoms with E-state index in [0.29, 0.717) is 28.6 Å². The van der Waals surface area contributed by atoms with Crippen molar-refractivity contribution >= 4 is 0 Å². The molecule has 0 fully saturated rings. The normalized spacial score (nSPS) is 20.1. The molecule has 0 amide bonds. The van der Waals surface area contributed by atoms with Gasteiger partial charge in [-0.05, 0) is 36.4 Å². The van der Waals surface area contributed by atoms with Gasteiger partial charge in [0.25, 0.3) is 0 Å². The number of hydrogen-bond acceptors (Lipinski definition) is 7. The predicted molar refractivity (Wildman–Crippen MR) is 110 cm³/mol. The molecule has 1 aromatic heterocycles. The maximum Gasteiger partial charge on any atom is 0.239 e. The summed E-state index contributed by atoms with van der Waals surface area (Å²) in [5.41, 5.74) is 2.15. The smallest absolute Gasteiger partial charge is 0.239 e. The van der Waals surface area contributed by atoms with Crippen molar-refractivity contribution in [1.29, 1.82) is 0 Å². The lowest BCUT2D eigenvalue weighted by Gasteiger charge is -2.36. The van der Waals surface area contributed by atoms with Gasteiger partial charge in [-0.15, -0.1) is 0 Å². The van der Waals surface area contributed by atoms with Crippen LogP contribution >= 0.6 is 0 Å². The van der Waals surface area contributed by atoms with Crippen LogP contribution in [-0.2, 0) is 4.74 Å². The van der Waals surface area contributed by atoms with E-state index in [1.807, 2.05) is 30.3 Å². The Bertz CT molecular complexity index is 1020. The van der Waals surface area contributed by atoms with E-state index in [2.05, 4.69) is 4.98 Å². The van der Waals surface area contributed by atoms with Crippen molar-refractivity contribution in [3.8, 4) is 34.3 Å². The van der Waals surface area contributed by atoms with Gasteiger partial charge in [0.1, 0.15) is 29.1 Å². The van der Waals surface area contributed by atoms with Crippen molar-refractivity contribution in [3.63, 3.8) is 0 Å². The number of ether oxygens (including phenoxy) is 5. The largest absolute Gasteiger partial charge is 0.497 e. The van der Waals surface area contributed by atoms with Gasteiger partial charge in [0.05, 0.1) is 19.9 Å². The first-order chi connectivity index (χ1) is 14.6. The molecule has 2 aromatic carbocycles. The third-order valence-corrected chi connectivity index (χ3v) is 4.96. The molecule has 7 heteroatoms. The van der Waals surface area contributed by atoms with E-state index < -0.39 is 18.5 Å². The Morgan fingerprint density at radius 2 is 1.67 bits per heavy atom. The summed E-state index contributed by atoms with van der Waals surface area (Å²) in [6, 6.07) is 16.3. The van der Waals surface area contributed by atoms with Crippen molar-refractivity contribution in [3.05, 3.63) is 66.4 Å². The molecule has 3 aromatic rings. The molecule has 1 aliphatic rings. The summed E-state index contributed by atoms with van der Waals surface area (Å²) >= 11 is 0. The van der Waals surface area contributed by atoms with Crippen molar-refractivity contribution in [2.45, 2.75) is 18.5 Å². The predicted octanol–water partition coefficient (Wildman–Crippen LogP) is 3.61. The molecule has 0 spiro atoms. The van der Waals surface area contributed by atoms with Gasteiger partial charge in [0.2, 0.25) is 6.29 Å². The van der Waals surface area contributed by atoms with Gasteiger partial charge >= 0.3 is 0 Å². The molecule has 3 atom stereocenters. The van der Waals surface area contributed by atoms with Gasteiger partial charge in [0.15, 0.2) is 6.10 Å². The molecule has 0 bridgehead atoms. The fourth-order valence-corrected chi connectivity index (χ4v) is 3.39. The maximum atomic E-state index is 11.1. The topological polar surface area (TPSA) is 79.3 Å². The van der Waals surface area contributed by atoms with Gasteiger partial charge in [-0.1, -0.05) is 6.07 Å². The second kappa shape index (κ2) is 8.61. The summed E-state index contributed by atoms with van der Waals surface area (Å²) in [5, 5.41) is 11.1. The van der Waals surface area contributed by atoms with Crippen LogP contribution in [0.15, 0.2) is 60.8 Å². The van der Waals surface area contributed by atoms with E-state index in [1.165, 1.54) is 7.11 Å². The summed E-state index contributed by atoms with van der Waals surface area (Å²) in [5.74, 6) is 2.43. The first-order valence-corrected chi connectivity index (χ1v) is 9.45. The number of nitrogens with zero attached hydrogens (tertiary/aromatic N) is 1. The standard InChI is InChI=1S/C23H23NO6/c1-26-15-5-4-6-17(12-15)29-22-21(25)18-11-14(7-8-20(18)30-23(22)28-3)19-13-16(27-2)9-10-24-19/h4-13,21-23,25H,1-3H3. The van der Waals surface area contributed by atoms with Crippen LogP contribution in [0.25, 0.3) is 11.3 Å². The molecule has 1 N–H and O–H groups in total. The number of aliphatic hydroxyl groups is 1. The molecule has 2 heterocycles. The first-order valence-electron chi connectivity index (χ1n) is 9.45. The van der Waals surface area contributed by atoms with Crippen LogP contribution < -0.4 is 18.9 Å². The molecule has 0 saturated heterocycles. The highest BCUT2D eigenvalue weighted by molar-refractivity contribution is 5.64. The number of aromatic nitrogens is 1. The second-order valence-electron chi connectivity index (χ2n) is 6.76. The van der Waals surface area contributed by atoms with Crippen LogP contribution in [0.5, 0.6) is 23.0 Å². The lowest BCUT2D eigenvalue weighted by molar-refractivity contribution is -0.165. The van der Waals surface area contributed by atoms with Crippen LogP contribution in [0.4, 0.5) is 0 Å². The van der Waals surface area contributed by atoms with Crippen LogP contribution in [0.1, 0.15) is 11.7 Å². The van der Waals surface area contributed by atoms with Crippen LogP contribution in [0.3, 0.4) is 0 Å². The molecule has 4 rings (SSSR count). The van der Waals surface area contributed by atoms with E-state index in [0.717, 1.165) is 11.3 Å². The number of fused-ring (bicyclic) bond motifs is 1. The zero-order valence-electron chi connectivity index (χ0n) is 16.9. The summed E-state index contributed by atoms with van der Waals surface area (Å²) in [6.07, 6.45) is -0.853. The summed E-state index contributed by atoms with van der Waals surface area (Å²) in [7, 11) is 4.70. The van der Waals surface area contributed by atoms with Crippen LogP contribution in [0.2, 0.25) is 0 Å². The highest BCUT2D eigenvalue weighted by Crippen LogP contribution is 2.39. The Hall–Kier alpha value is -3.29. The average molecular weight is 409 g/mol. The maximum absolute atomic E-state index is 11.1. The fourth-order valence-electron chi connectivity index (χ4n) is 3.39. The Labute approximate surface area is 174 Å². The molecule has 0 aliphatic carbocycles. The average Bonchev–Trinajstić information content (AvgIpc) is 2.80. The number of aliphatic hydroxyl groups excluding tert-OH is 1. The first kappa shape index (κ1) is 20.0. The van der Waals surface area contributed by atoms with E-state index >= 15 is 0 Å². The van der Waals surface area contributed by atoms with Gasteiger partial charge in [-0.2, -0.15) is 0 Å². The SMILES string of the molecule is COc1cccc(OC2C(OC)Oc3ccc(-c4cc(OC)ccn4)cc3C2O)c1. The minimum atomic E-state index is -0.976. The van der Waals surface area contributed by atoms with Crippen LogP contribution in [-0.4, -0.2) is 43.8 Å². The summed E-state index contributed by atoms with van der Waals surface area (Å²) < 4.78 is 27.9. The summed E-state index contributed by atoms with van der Waals surface area (Å²) in [6.45, 7) is 0. The number of pyridine rings is 1. The lowest BCUT2D eigenvalue weighted by atomic mass is 9.96. The summed E-state index contributed by atoms with van der Waals surface area (Å²) in [4.78, 5) is 4.40. The van der Waals surface area contributed by atoms with E-state index in [1.54, 1.807) is 44.7 Å². The number of benzene rings is 2. The van der Waals surface area contributed by atoms with Crippen molar-refractivity contribution in [2.75, 3.05) is 21.3 Å². The third-order valence-electron chi connectivity index (χ3n) is 4.96. The Balaban J connectivity index is 1.66. The quantitative estimate of drug-likeness (QED) is 0.666. The van der Waals surface area contributed by atoms with Gasteiger partial charge in [0, 0.05) is 36.6 Å². The van der Waals surface area contributed by atoms with Crippen molar-refractivity contribution in [2.24, 2.45) is 0 Å². The Morgan fingerprint density at radius 3 is 2.43 bits per heavy atom. The minimum absolute atomic E-state index is 0.534. The molecule has 7 nitrogen and oxygen atoms in total. The van der Waals surface area contributed by atoms with Crippen molar-refractivity contribution in [1.82, 2.24) is 4.98 Å². The zero-order valence-corrected chi connectivity index (χ0v) is 16.9. The van der Waals surface area contributed by atoms with Gasteiger partial charge < -0.3 is 28.8 Å². The minimum Gasteiger partial charge on any atom is -0.497 e. The van der Waals surface area contributed by atoms with E-state index in [9.17, 15) is 5.11 Å². The third kappa shape index (κ3) is 3.90. The van der Waals surface area contributed by atoms with Crippen LogP contribution in [0, 0.1) is 0 Å². The molecule has 0 radical (unpaired) electrons. The monoisotopic (exact) mass is 409 g/mol. The molecule has 3 unspecified atom stereocenters. The highest BCUT2D eigenvalue weighted by atomic mass is 16.7. The van der Waals surface area contributed by atoms with E-state index in [-0.39, 0.29) is 0 Å². The van der Waals surface area contributed by atoms with Gasteiger partial charge in [-0.3, -0.25) is 4.98 Å². The Kier molecular flexibility index (Phi) is 5.74. The number of hydrogen-bond donors (Lipinski definition) is 1.